The number of benzene rings is 3. The Morgan fingerprint density at radius 2 is 1.71 bits per heavy atom. The molecule has 0 saturated carbocycles. The number of hydrogen-bond acceptors (Lipinski definition) is 4. The lowest BCUT2D eigenvalue weighted by atomic mass is 9.98. The lowest BCUT2D eigenvalue weighted by Crippen LogP contribution is -2.09. The molecule has 0 aliphatic carbocycles. The molecule has 3 rings (SSSR count). The molecule has 0 unspecified atom stereocenters. The fourth-order valence-corrected chi connectivity index (χ4v) is 4.42. The first kappa shape index (κ1) is 23.0. The van der Waals surface area contributed by atoms with Crippen molar-refractivity contribution >= 4 is 39.2 Å². The predicted octanol–water partition coefficient (Wildman–Crippen LogP) is 6.54. The van der Waals surface area contributed by atoms with Crippen LogP contribution in [-0.4, -0.2) is 30.0 Å². The van der Waals surface area contributed by atoms with Gasteiger partial charge in [-0.2, -0.15) is 0 Å². The molecule has 0 bridgehead atoms. The zero-order valence-corrected chi connectivity index (χ0v) is 19.5. The van der Waals surface area contributed by atoms with Gasteiger partial charge in [0.1, 0.15) is 11.5 Å². The van der Waals surface area contributed by atoms with Gasteiger partial charge < -0.3 is 14.6 Å². The lowest BCUT2D eigenvalue weighted by molar-refractivity contribution is -0.139. The SMILES string of the molecule is CCOc1ccc(C(=CCSc2ccc(OCC(=O)O)c(Br)c2)c2ccccc2)cc1. The second kappa shape index (κ2) is 11.6. The molecule has 0 atom stereocenters. The number of hydrogen-bond donors (Lipinski definition) is 1. The van der Waals surface area contributed by atoms with Crippen molar-refractivity contribution in [3.05, 3.63) is 94.5 Å². The zero-order valence-electron chi connectivity index (χ0n) is 17.1. The summed E-state index contributed by atoms with van der Waals surface area (Å²) < 4.78 is 11.6. The highest BCUT2D eigenvalue weighted by Gasteiger charge is 2.08. The minimum Gasteiger partial charge on any atom is -0.494 e. The first-order valence-electron chi connectivity index (χ1n) is 9.82. The fraction of sp³-hybridized carbons (Fsp3) is 0.160. The summed E-state index contributed by atoms with van der Waals surface area (Å²) >= 11 is 5.15. The molecular formula is C25H23BrO4S. The smallest absolute Gasteiger partial charge is 0.341 e. The van der Waals surface area contributed by atoms with Crippen LogP contribution in [0.3, 0.4) is 0 Å². The summed E-state index contributed by atoms with van der Waals surface area (Å²) in [6.45, 7) is 2.26. The highest BCUT2D eigenvalue weighted by atomic mass is 79.9. The van der Waals surface area contributed by atoms with E-state index in [4.69, 9.17) is 14.6 Å². The Hall–Kier alpha value is -2.70. The average Bonchev–Trinajstić information content (AvgIpc) is 2.77. The van der Waals surface area contributed by atoms with E-state index < -0.39 is 5.97 Å². The van der Waals surface area contributed by atoms with Crippen molar-refractivity contribution in [3.63, 3.8) is 0 Å². The van der Waals surface area contributed by atoms with Crippen molar-refractivity contribution in [2.24, 2.45) is 0 Å². The molecule has 0 amide bonds. The van der Waals surface area contributed by atoms with Crippen LogP contribution < -0.4 is 9.47 Å². The van der Waals surface area contributed by atoms with Crippen LogP contribution in [0, 0.1) is 0 Å². The zero-order chi connectivity index (χ0) is 22.1. The van der Waals surface area contributed by atoms with Crippen LogP contribution in [0.15, 0.2) is 88.2 Å². The summed E-state index contributed by atoms with van der Waals surface area (Å²) in [5, 5.41) is 8.76. The lowest BCUT2D eigenvalue weighted by Gasteiger charge is -2.11. The van der Waals surface area contributed by atoms with Crippen molar-refractivity contribution < 1.29 is 19.4 Å². The van der Waals surface area contributed by atoms with Crippen LogP contribution >= 0.6 is 27.7 Å². The number of carboxylic acids is 1. The number of ether oxygens (including phenoxy) is 2. The summed E-state index contributed by atoms with van der Waals surface area (Å²) in [5.41, 5.74) is 3.45. The first-order valence-corrected chi connectivity index (χ1v) is 11.6. The monoisotopic (exact) mass is 498 g/mol. The van der Waals surface area contributed by atoms with E-state index in [1.54, 1.807) is 17.8 Å². The van der Waals surface area contributed by atoms with Crippen molar-refractivity contribution in [2.45, 2.75) is 11.8 Å². The van der Waals surface area contributed by atoms with E-state index in [2.05, 4.69) is 46.3 Å². The van der Waals surface area contributed by atoms with Gasteiger partial charge in [-0.05, 0) is 69.9 Å². The second-order valence-electron chi connectivity index (χ2n) is 6.53. The van der Waals surface area contributed by atoms with Crippen LogP contribution in [-0.2, 0) is 4.79 Å². The van der Waals surface area contributed by atoms with Gasteiger partial charge in [-0.3, -0.25) is 0 Å². The minimum absolute atomic E-state index is 0.365. The van der Waals surface area contributed by atoms with Gasteiger partial charge in [0.2, 0.25) is 0 Å². The highest BCUT2D eigenvalue weighted by Crippen LogP contribution is 2.32. The Bertz CT molecular complexity index is 1030. The first-order chi connectivity index (χ1) is 15.1. The molecule has 31 heavy (non-hydrogen) atoms. The summed E-state index contributed by atoms with van der Waals surface area (Å²) in [4.78, 5) is 11.7. The summed E-state index contributed by atoms with van der Waals surface area (Å²) in [6, 6.07) is 24.1. The molecule has 6 heteroatoms. The average molecular weight is 499 g/mol. The molecule has 0 aromatic heterocycles. The number of carbonyl (C=O) groups is 1. The quantitative estimate of drug-likeness (QED) is 0.321. The van der Waals surface area contributed by atoms with Gasteiger partial charge in [0.25, 0.3) is 0 Å². The van der Waals surface area contributed by atoms with E-state index in [0.717, 1.165) is 37.6 Å². The highest BCUT2D eigenvalue weighted by molar-refractivity contribution is 9.10. The molecule has 4 nitrogen and oxygen atoms in total. The van der Waals surface area contributed by atoms with E-state index >= 15 is 0 Å². The molecule has 0 fully saturated rings. The number of thioether (sulfide) groups is 1. The summed E-state index contributed by atoms with van der Waals surface area (Å²) in [6.07, 6.45) is 2.22. The van der Waals surface area contributed by atoms with Gasteiger partial charge in [0.05, 0.1) is 11.1 Å². The third-order valence-electron chi connectivity index (χ3n) is 4.35. The van der Waals surface area contributed by atoms with Crippen LogP contribution in [0.5, 0.6) is 11.5 Å². The second-order valence-corrected chi connectivity index (χ2v) is 8.47. The van der Waals surface area contributed by atoms with E-state index in [-0.39, 0.29) is 6.61 Å². The number of halogens is 1. The predicted molar refractivity (Wildman–Crippen MR) is 129 cm³/mol. The third kappa shape index (κ3) is 6.91. The van der Waals surface area contributed by atoms with Gasteiger partial charge in [-0.1, -0.05) is 48.5 Å². The van der Waals surface area contributed by atoms with Crippen molar-refractivity contribution in [2.75, 3.05) is 19.0 Å². The standard InChI is InChI=1S/C25H23BrO4S/c1-2-29-20-10-8-19(9-11-20)22(18-6-4-3-5-7-18)14-15-31-21-12-13-24(23(26)16-21)30-17-25(27)28/h3-14,16H,2,15,17H2,1H3,(H,27,28). The van der Waals surface area contributed by atoms with E-state index in [1.807, 2.05) is 49.4 Å². The van der Waals surface area contributed by atoms with E-state index in [9.17, 15) is 4.79 Å². The molecule has 0 aliphatic rings. The van der Waals surface area contributed by atoms with Gasteiger partial charge in [-0.25, -0.2) is 4.79 Å². The largest absolute Gasteiger partial charge is 0.494 e. The Balaban J connectivity index is 1.75. The Morgan fingerprint density at radius 3 is 2.35 bits per heavy atom. The molecular weight excluding hydrogens is 476 g/mol. The van der Waals surface area contributed by atoms with Gasteiger partial charge in [0.15, 0.2) is 6.61 Å². The summed E-state index contributed by atoms with van der Waals surface area (Å²) in [5.74, 6) is 1.15. The topological polar surface area (TPSA) is 55.8 Å². The molecule has 0 saturated heterocycles. The minimum atomic E-state index is -1.00. The van der Waals surface area contributed by atoms with Crippen LogP contribution in [0.25, 0.3) is 5.57 Å². The maximum absolute atomic E-state index is 10.7. The Labute approximate surface area is 195 Å². The molecule has 1 N–H and O–H groups in total. The Morgan fingerprint density at radius 1 is 1.00 bits per heavy atom. The van der Waals surface area contributed by atoms with Crippen molar-refractivity contribution in [3.8, 4) is 11.5 Å². The number of rotatable bonds is 10. The molecule has 3 aromatic carbocycles. The number of carboxylic acid groups (broad SMARTS) is 1. The molecule has 0 spiro atoms. The van der Waals surface area contributed by atoms with Crippen molar-refractivity contribution in [1.82, 2.24) is 0 Å². The number of aliphatic carboxylic acids is 1. The summed E-state index contributed by atoms with van der Waals surface area (Å²) in [7, 11) is 0. The third-order valence-corrected chi connectivity index (χ3v) is 5.89. The van der Waals surface area contributed by atoms with Gasteiger partial charge in [-0.15, -0.1) is 11.8 Å². The molecule has 0 radical (unpaired) electrons. The maximum Gasteiger partial charge on any atom is 0.341 e. The van der Waals surface area contributed by atoms with Crippen LogP contribution in [0.1, 0.15) is 18.1 Å². The van der Waals surface area contributed by atoms with Gasteiger partial charge >= 0.3 is 5.97 Å². The van der Waals surface area contributed by atoms with Crippen LogP contribution in [0.2, 0.25) is 0 Å². The molecule has 0 aliphatic heterocycles. The molecule has 160 valence electrons. The molecule has 0 heterocycles. The van der Waals surface area contributed by atoms with Gasteiger partial charge in [0, 0.05) is 10.6 Å². The van der Waals surface area contributed by atoms with Crippen LogP contribution in [0.4, 0.5) is 0 Å². The van der Waals surface area contributed by atoms with E-state index in [0.29, 0.717) is 12.4 Å². The fourth-order valence-electron chi connectivity index (χ4n) is 2.97. The maximum atomic E-state index is 10.7. The van der Waals surface area contributed by atoms with Crippen molar-refractivity contribution in [1.29, 1.82) is 0 Å². The Kier molecular flexibility index (Phi) is 8.62. The molecule has 3 aromatic rings. The van der Waals surface area contributed by atoms with E-state index in [1.165, 1.54) is 0 Å². The normalized spacial score (nSPS) is 11.2.